The SMILES string of the molecule is CC[C@@H]1CCCCN1CCCNC(=O)CN1C(=O)/C(=C\c2cccc(Cl)c2)Sc2ccccc21. The van der Waals surface area contributed by atoms with Crippen LogP contribution in [-0.4, -0.2) is 48.9 Å². The van der Waals surface area contributed by atoms with Crippen LogP contribution in [0.5, 0.6) is 0 Å². The number of fused-ring (bicyclic) bond motifs is 1. The number of carbonyl (C=O) groups is 2. The normalized spacial score (nSPS) is 19.8. The molecule has 0 saturated carbocycles. The van der Waals surface area contributed by atoms with E-state index in [0.29, 0.717) is 22.5 Å². The molecule has 0 aromatic heterocycles. The first-order chi connectivity index (χ1) is 16.5. The summed E-state index contributed by atoms with van der Waals surface area (Å²) in [5.41, 5.74) is 1.63. The van der Waals surface area contributed by atoms with Crippen molar-refractivity contribution >= 4 is 46.9 Å². The number of hydrogen-bond acceptors (Lipinski definition) is 4. The van der Waals surface area contributed by atoms with Crippen LogP contribution in [0.3, 0.4) is 0 Å². The molecule has 34 heavy (non-hydrogen) atoms. The third kappa shape index (κ3) is 6.23. The predicted octanol–water partition coefficient (Wildman–Crippen LogP) is 5.59. The van der Waals surface area contributed by atoms with Crippen LogP contribution in [0.4, 0.5) is 5.69 Å². The van der Waals surface area contributed by atoms with Gasteiger partial charge in [0, 0.05) is 29.0 Å². The van der Waals surface area contributed by atoms with Crippen LogP contribution in [0.2, 0.25) is 5.02 Å². The van der Waals surface area contributed by atoms with Crippen molar-refractivity contribution in [2.45, 2.75) is 50.0 Å². The van der Waals surface area contributed by atoms with Gasteiger partial charge >= 0.3 is 0 Å². The Kier molecular flexibility index (Phi) is 8.70. The molecule has 0 spiro atoms. The topological polar surface area (TPSA) is 52.7 Å². The minimum Gasteiger partial charge on any atom is -0.355 e. The van der Waals surface area contributed by atoms with Gasteiger partial charge in [-0.15, -0.1) is 0 Å². The fourth-order valence-electron chi connectivity index (χ4n) is 4.69. The summed E-state index contributed by atoms with van der Waals surface area (Å²) in [6.07, 6.45) is 7.81. The number of piperidine rings is 1. The average molecular weight is 498 g/mol. The summed E-state index contributed by atoms with van der Waals surface area (Å²) in [6, 6.07) is 15.8. The number of likely N-dealkylation sites (tertiary alicyclic amines) is 1. The highest BCUT2D eigenvalue weighted by Gasteiger charge is 2.30. The Labute approximate surface area is 211 Å². The van der Waals surface area contributed by atoms with E-state index in [1.54, 1.807) is 11.0 Å². The summed E-state index contributed by atoms with van der Waals surface area (Å²) < 4.78 is 0. The van der Waals surface area contributed by atoms with E-state index in [1.165, 1.54) is 37.4 Å². The van der Waals surface area contributed by atoms with E-state index < -0.39 is 0 Å². The molecule has 2 amide bonds. The molecule has 2 heterocycles. The number of halogens is 1. The monoisotopic (exact) mass is 497 g/mol. The van der Waals surface area contributed by atoms with Crippen molar-refractivity contribution in [2.24, 2.45) is 0 Å². The first kappa shape index (κ1) is 24.8. The van der Waals surface area contributed by atoms with E-state index in [4.69, 9.17) is 11.6 Å². The second-order valence-corrected chi connectivity index (χ2v) is 10.3. The summed E-state index contributed by atoms with van der Waals surface area (Å²) >= 11 is 7.54. The van der Waals surface area contributed by atoms with Crippen molar-refractivity contribution < 1.29 is 9.59 Å². The lowest BCUT2D eigenvalue weighted by molar-refractivity contribution is -0.122. The molecule has 0 radical (unpaired) electrons. The summed E-state index contributed by atoms with van der Waals surface area (Å²) in [5.74, 6) is -0.305. The largest absolute Gasteiger partial charge is 0.355 e. The minimum atomic E-state index is -0.169. The number of hydrogen-bond donors (Lipinski definition) is 1. The Bertz CT molecular complexity index is 1060. The molecule has 0 unspecified atom stereocenters. The second kappa shape index (κ2) is 11.9. The van der Waals surface area contributed by atoms with Crippen molar-refractivity contribution in [2.75, 3.05) is 31.1 Å². The molecule has 1 saturated heterocycles. The molecule has 2 aromatic carbocycles. The molecule has 2 aliphatic heterocycles. The van der Waals surface area contributed by atoms with Gasteiger partial charge in [0.05, 0.1) is 10.6 Å². The summed E-state index contributed by atoms with van der Waals surface area (Å²) in [5, 5.41) is 3.64. The highest BCUT2D eigenvalue weighted by atomic mass is 35.5. The molecular weight excluding hydrogens is 466 g/mol. The molecule has 1 atom stereocenters. The van der Waals surface area contributed by atoms with Gasteiger partial charge in [-0.25, -0.2) is 0 Å². The quantitative estimate of drug-likeness (QED) is 0.381. The molecule has 4 rings (SSSR count). The number of anilines is 1. The number of para-hydroxylation sites is 1. The fourth-order valence-corrected chi connectivity index (χ4v) is 5.95. The third-order valence-electron chi connectivity index (χ3n) is 6.44. The van der Waals surface area contributed by atoms with Gasteiger partial charge in [0.1, 0.15) is 6.54 Å². The zero-order valence-electron chi connectivity index (χ0n) is 19.6. The number of nitrogens with one attached hydrogen (secondary N) is 1. The van der Waals surface area contributed by atoms with Crippen molar-refractivity contribution in [1.29, 1.82) is 0 Å². The number of rotatable bonds is 8. The maximum absolute atomic E-state index is 13.3. The molecule has 180 valence electrons. The second-order valence-electron chi connectivity index (χ2n) is 8.82. The first-order valence-corrected chi connectivity index (χ1v) is 13.3. The van der Waals surface area contributed by atoms with Gasteiger partial charge in [0.15, 0.2) is 0 Å². The average Bonchev–Trinajstić information content (AvgIpc) is 2.84. The highest BCUT2D eigenvalue weighted by molar-refractivity contribution is 8.04. The van der Waals surface area contributed by atoms with Gasteiger partial charge in [-0.3, -0.25) is 14.5 Å². The summed E-state index contributed by atoms with van der Waals surface area (Å²) in [4.78, 5) is 31.8. The lowest BCUT2D eigenvalue weighted by Crippen LogP contribution is -2.44. The Morgan fingerprint density at radius 3 is 2.88 bits per heavy atom. The third-order valence-corrected chi connectivity index (χ3v) is 7.76. The highest BCUT2D eigenvalue weighted by Crippen LogP contribution is 2.42. The van der Waals surface area contributed by atoms with Gasteiger partial charge in [0.25, 0.3) is 5.91 Å². The van der Waals surface area contributed by atoms with Crippen LogP contribution in [0.1, 0.15) is 44.6 Å². The Morgan fingerprint density at radius 1 is 1.21 bits per heavy atom. The summed E-state index contributed by atoms with van der Waals surface area (Å²) in [7, 11) is 0. The van der Waals surface area contributed by atoms with E-state index in [-0.39, 0.29) is 18.4 Å². The van der Waals surface area contributed by atoms with Crippen molar-refractivity contribution in [3.8, 4) is 0 Å². The van der Waals surface area contributed by atoms with Crippen LogP contribution in [0.15, 0.2) is 58.3 Å². The smallest absolute Gasteiger partial charge is 0.265 e. The molecule has 1 N–H and O–H groups in total. The molecule has 0 aliphatic carbocycles. The lowest BCUT2D eigenvalue weighted by Gasteiger charge is -2.35. The standard InChI is InChI=1S/C27H32ClN3O2S/c1-2-22-11-5-6-15-30(22)16-8-14-29-26(32)19-31-23-12-3-4-13-24(23)34-25(27(31)33)18-20-9-7-10-21(28)17-20/h3-4,7,9-10,12-13,17-18,22H,2,5-6,8,11,14-16,19H2,1H3,(H,29,32)/b25-18+/t22-/m1/s1. The van der Waals surface area contributed by atoms with E-state index in [1.807, 2.05) is 48.5 Å². The zero-order chi connectivity index (χ0) is 23.9. The first-order valence-electron chi connectivity index (χ1n) is 12.1. The molecule has 0 bridgehead atoms. The fraction of sp³-hybridized carbons (Fsp3) is 0.407. The molecule has 7 heteroatoms. The van der Waals surface area contributed by atoms with E-state index in [0.717, 1.165) is 35.7 Å². The van der Waals surface area contributed by atoms with Gasteiger partial charge < -0.3 is 10.2 Å². The Balaban J connectivity index is 1.38. The van der Waals surface area contributed by atoms with Gasteiger partial charge in [0.2, 0.25) is 5.91 Å². The molecule has 2 aromatic rings. The molecule has 1 fully saturated rings. The zero-order valence-corrected chi connectivity index (χ0v) is 21.2. The van der Waals surface area contributed by atoms with Crippen LogP contribution in [-0.2, 0) is 9.59 Å². The van der Waals surface area contributed by atoms with Crippen LogP contribution in [0.25, 0.3) is 6.08 Å². The van der Waals surface area contributed by atoms with Gasteiger partial charge in [-0.05, 0) is 68.1 Å². The van der Waals surface area contributed by atoms with Crippen molar-refractivity contribution in [3.63, 3.8) is 0 Å². The maximum Gasteiger partial charge on any atom is 0.265 e. The number of thioether (sulfide) groups is 1. The predicted molar refractivity (Wildman–Crippen MR) is 141 cm³/mol. The van der Waals surface area contributed by atoms with Gasteiger partial charge in [-0.1, -0.05) is 61.0 Å². The maximum atomic E-state index is 13.3. The number of nitrogens with zero attached hydrogens (tertiary/aromatic N) is 2. The van der Waals surface area contributed by atoms with Crippen LogP contribution < -0.4 is 10.2 Å². The van der Waals surface area contributed by atoms with E-state index in [9.17, 15) is 9.59 Å². The van der Waals surface area contributed by atoms with Gasteiger partial charge in [-0.2, -0.15) is 0 Å². The minimum absolute atomic E-state index is 0.00456. The van der Waals surface area contributed by atoms with Crippen LogP contribution in [0, 0.1) is 0 Å². The Morgan fingerprint density at radius 2 is 2.06 bits per heavy atom. The van der Waals surface area contributed by atoms with E-state index >= 15 is 0 Å². The summed E-state index contributed by atoms with van der Waals surface area (Å²) in [6.45, 7) is 5.05. The lowest BCUT2D eigenvalue weighted by atomic mass is 10.00. The number of benzene rings is 2. The van der Waals surface area contributed by atoms with Crippen LogP contribution >= 0.6 is 23.4 Å². The van der Waals surface area contributed by atoms with Crippen molar-refractivity contribution in [1.82, 2.24) is 10.2 Å². The molecule has 5 nitrogen and oxygen atoms in total. The number of amides is 2. The number of carbonyl (C=O) groups excluding carboxylic acids is 2. The van der Waals surface area contributed by atoms with Crippen molar-refractivity contribution in [3.05, 3.63) is 64.0 Å². The Hall–Kier alpha value is -2.28. The molecule has 2 aliphatic rings. The van der Waals surface area contributed by atoms with E-state index in [2.05, 4.69) is 17.1 Å². The molecular formula is C27H32ClN3O2S.